The Morgan fingerprint density at radius 3 is 3.00 bits per heavy atom. The molecule has 1 amide bonds. The molecule has 1 aliphatic rings. The molecule has 3 rings (SSSR count). The average Bonchev–Trinajstić information content (AvgIpc) is 2.78. The van der Waals surface area contributed by atoms with Gasteiger partial charge in [0.2, 0.25) is 0 Å². The van der Waals surface area contributed by atoms with E-state index in [4.69, 9.17) is 4.42 Å². The van der Waals surface area contributed by atoms with E-state index in [1.807, 2.05) is 31.2 Å². The molecule has 0 bridgehead atoms. The molecule has 100 valence electrons. The number of fused-ring (bicyclic) bond motifs is 1. The number of benzene rings is 1. The van der Waals surface area contributed by atoms with Crippen molar-refractivity contribution >= 4 is 16.9 Å². The second kappa shape index (κ2) is 5.05. The van der Waals surface area contributed by atoms with E-state index in [9.17, 15) is 4.79 Å². The molecule has 0 unspecified atom stereocenters. The van der Waals surface area contributed by atoms with Crippen LogP contribution in [-0.2, 0) is 0 Å². The monoisotopic (exact) mass is 258 g/mol. The van der Waals surface area contributed by atoms with Crippen molar-refractivity contribution < 1.29 is 9.21 Å². The zero-order valence-corrected chi connectivity index (χ0v) is 11.0. The van der Waals surface area contributed by atoms with Gasteiger partial charge in [-0.15, -0.1) is 0 Å². The third-order valence-electron chi connectivity index (χ3n) is 3.68. The van der Waals surface area contributed by atoms with Crippen LogP contribution < -0.4 is 10.6 Å². The van der Waals surface area contributed by atoms with Crippen LogP contribution in [0.2, 0.25) is 0 Å². The summed E-state index contributed by atoms with van der Waals surface area (Å²) in [6, 6.07) is 7.94. The highest BCUT2D eigenvalue weighted by Crippen LogP contribution is 2.24. The van der Waals surface area contributed by atoms with Gasteiger partial charge in [0.25, 0.3) is 5.91 Å². The number of piperidine rings is 1. The van der Waals surface area contributed by atoms with Crippen LogP contribution in [0.25, 0.3) is 11.0 Å². The minimum atomic E-state index is -0.109. The zero-order valence-electron chi connectivity index (χ0n) is 11.0. The summed E-state index contributed by atoms with van der Waals surface area (Å²) in [5.41, 5.74) is 1.68. The average molecular weight is 258 g/mol. The van der Waals surface area contributed by atoms with Crippen LogP contribution in [0.15, 0.2) is 28.7 Å². The fourth-order valence-electron chi connectivity index (χ4n) is 2.62. The van der Waals surface area contributed by atoms with Crippen molar-refractivity contribution in [3.8, 4) is 0 Å². The van der Waals surface area contributed by atoms with Crippen LogP contribution in [0, 0.1) is 6.92 Å². The van der Waals surface area contributed by atoms with Gasteiger partial charge in [0.15, 0.2) is 5.76 Å². The summed E-state index contributed by atoms with van der Waals surface area (Å²) in [6.45, 7) is 3.81. The molecule has 4 heteroatoms. The summed E-state index contributed by atoms with van der Waals surface area (Å²) in [6.07, 6.45) is 2.13. The standard InChI is InChI=1S/C15H18N2O2/c1-10-12-6-2-3-7-13(12)19-14(10)15(18)17-11-5-4-8-16-9-11/h2-3,6-7,11,16H,4-5,8-9H2,1H3,(H,17,18)/t11-/m0/s1. The van der Waals surface area contributed by atoms with Gasteiger partial charge in [-0.05, 0) is 32.4 Å². The lowest BCUT2D eigenvalue weighted by Crippen LogP contribution is -2.45. The minimum Gasteiger partial charge on any atom is -0.451 e. The van der Waals surface area contributed by atoms with E-state index < -0.39 is 0 Å². The number of hydrogen-bond acceptors (Lipinski definition) is 3. The number of para-hydroxylation sites is 1. The van der Waals surface area contributed by atoms with Gasteiger partial charge in [0.1, 0.15) is 5.58 Å². The lowest BCUT2D eigenvalue weighted by Gasteiger charge is -2.23. The fourth-order valence-corrected chi connectivity index (χ4v) is 2.62. The molecule has 1 aromatic carbocycles. The molecule has 2 heterocycles. The summed E-state index contributed by atoms with van der Waals surface area (Å²) in [7, 11) is 0. The first-order valence-corrected chi connectivity index (χ1v) is 6.75. The number of carbonyl (C=O) groups excluding carboxylic acids is 1. The van der Waals surface area contributed by atoms with Crippen molar-refractivity contribution in [2.75, 3.05) is 13.1 Å². The van der Waals surface area contributed by atoms with Gasteiger partial charge < -0.3 is 15.1 Å². The van der Waals surface area contributed by atoms with Gasteiger partial charge in [-0.1, -0.05) is 18.2 Å². The summed E-state index contributed by atoms with van der Waals surface area (Å²) >= 11 is 0. The van der Waals surface area contributed by atoms with Crippen LogP contribution in [0.1, 0.15) is 29.0 Å². The number of carbonyl (C=O) groups is 1. The maximum Gasteiger partial charge on any atom is 0.287 e. The molecule has 2 N–H and O–H groups in total. The van der Waals surface area contributed by atoms with Crippen LogP contribution >= 0.6 is 0 Å². The first-order chi connectivity index (χ1) is 9.25. The molecule has 0 saturated carbocycles. The zero-order chi connectivity index (χ0) is 13.2. The Morgan fingerprint density at radius 2 is 2.26 bits per heavy atom. The summed E-state index contributed by atoms with van der Waals surface area (Å²) in [4.78, 5) is 12.3. The number of hydrogen-bond donors (Lipinski definition) is 2. The van der Waals surface area contributed by atoms with E-state index in [1.54, 1.807) is 0 Å². The van der Waals surface area contributed by atoms with E-state index in [-0.39, 0.29) is 11.9 Å². The summed E-state index contributed by atoms with van der Waals surface area (Å²) in [5.74, 6) is 0.328. The molecule has 0 spiro atoms. The topological polar surface area (TPSA) is 54.3 Å². The number of furan rings is 1. The summed E-state index contributed by atoms with van der Waals surface area (Å²) < 4.78 is 5.67. The second-order valence-electron chi connectivity index (χ2n) is 5.07. The van der Waals surface area contributed by atoms with Crippen molar-refractivity contribution in [2.24, 2.45) is 0 Å². The predicted molar refractivity (Wildman–Crippen MR) is 74.3 cm³/mol. The van der Waals surface area contributed by atoms with Crippen molar-refractivity contribution in [2.45, 2.75) is 25.8 Å². The fraction of sp³-hybridized carbons (Fsp3) is 0.400. The highest BCUT2D eigenvalue weighted by Gasteiger charge is 2.21. The molecule has 0 aliphatic carbocycles. The third-order valence-corrected chi connectivity index (χ3v) is 3.68. The van der Waals surface area contributed by atoms with Crippen molar-refractivity contribution in [1.82, 2.24) is 10.6 Å². The van der Waals surface area contributed by atoms with Crippen molar-refractivity contribution in [1.29, 1.82) is 0 Å². The summed E-state index contributed by atoms with van der Waals surface area (Å²) in [5, 5.41) is 7.34. The Bertz CT molecular complexity index is 597. The normalized spacial score (nSPS) is 19.5. The van der Waals surface area contributed by atoms with Crippen molar-refractivity contribution in [3.05, 3.63) is 35.6 Å². The molecule has 1 fully saturated rings. The van der Waals surface area contributed by atoms with Gasteiger partial charge in [-0.3, -0.25) is 4.79 Å². The second-order valence-corrected chi connectivity index (χ2v) is 5.07. The Kier molecular flexibility index (Phi) is 3.25. The van der Waals surface area contributed by atoms with Crippen LogP contribution in [0.3, 0.4) is 0 Å². The lowest BCUT2D eigenvalue weighted by molar-refractivity contribution is 0.0904. The quantitative estimate of drug-likeness (QED) is 0.868. The Hall–Kier alpha value is -1.81. The smallest absolute Gasteiger partial charge is 0.287 e. The van der Waals surface area contributed by atoms with Crippen molar-refractivity contribution in [3.63, 3.8) is 0 Å². The van der Waals surface area contributed by atoms with E-state index in [0.717, 1.165) is 42.5 Å². The SMILES string of the molecule is Cc1c(C(=O)N[C@H]2CCCNC2)oc2ccccc12. The van der Waals surface area contributed by atoms with Gasteiger partial charge >= 0.3 is 0 Å². The Balaban J connectivity index is 1.83. The molecule has 19 heavy (non-hydrogen) atoms. The molecule has 4 nitrogen and oxygen atoms in total. The number of rotatable bonds is 2. The van der Waals surface area contributed by atoms with Gasteiger partial charge in [-0.25, -0.2) is 0 Å². The number of aryl methyl sites for hydroxylation is 1. The van der Waals surface area contributed by atoms with E-state index >= 15 is 0 Å². The van der Waals surface area contributed by atoms with Crippen LogP contribution in [0.5, 0.6) is 0 Å². The maximum absolute atomic E-state index is 12.3. The molecule has 1 aromatic heterocycles. The maximum atomic E-state index is 12.3. The molecule has 1 atom stereocenters. The first-order valence-electron chi connectivity index (χ1n) is 6.75. The van der Waals surface area contributed by atoms with E-state index in [2.05, 4.69) is 10.6 Å². The number of amides is 1. The molecular formula is C15H18N2O2. The van der Waals surface area contributed by atoms with E-state index in [1.165, 1.54) is 0 Å². The van der Waals surface area contributed by atoms with E-state index in [0.29, 0.717) is 5.76 Å². The molecule has 1 aliphatic heterocycles. The Morgan fingerprint density at radius 1 is 1.42 bits per heavy atom. The minimum absolute atomic E-state index is 0.109. The molecule has 0 radical (unpaired) electrons. The third kappa shape index (κ3) is 2.36. The highest BCUT2D eigenvalue weighted by atomic mass is 16.3. The predicted octanol–water partition coefficient (Wildman–Crippen LogP) is 2.22. The molecular weight excluding hydrogens is 240 g/mol. The van der Waals surface area contributed by atoms with Gasteiger partial charge in [0.05, 0.1) is 0 Å². The molecule has 1 saturated heterocycles. The number of nitrogens with one attached hydrogen (secondary N) is 2. The highest BCUT2D eigenvalue weighted by molar-refractivity contribution is 5.99. The van der Waals surface area contributed by atoms with Gasteiger partial charge in [-0.2, -0.15) is 0 Å². The molecule has 2 aromatic rings. The van der Waals surface area contributed by atoms with Gasteiger partial charge in [0, 0.05) is 23.5 Å². The van der Waals surface area contributed by atoms with Crippen LogP contribution in [-0.4, -0.2) is 25.0 Å². The first kappa shape index (κ1) is 12.2. The Labute approximate surface area is 112 Å². The largest absolute Gasteiger partial charge is 0.451 e. The lowest BCUT2D eigenvalue weighted by atomic mass is 10.1. The van der Waals surface area contributed by atoms with Crippen LogP contribution in [0.4, 0.5) is 0 Å².